The molecule has 0 aliphatic heterocycles. The van der Waals surface area contributed by atoms with E-state index in [1.165, 1.54) is 17.7 Å². The number of hydrogen-bond donors (Lipinski definition) is 1. The number of rotatable bonds is 8. The molecule has 1 aromatic heterocycles. The van der Waals surface area contributed by atoms with Crippen molar-refractivity contribution in [1.82, 2.24) is 5.32 Å². The summed E-state index contributed by atoms with van der Waals surface area (Å²) >= 11 is 1.84. The molecule has 0 amide bonds. The summed E-state index contributed by atoms with van der Waals surface area (Å²) in [7, 11) is 1.75. The molecule has 0 saturated heterocycles. The molecule has 1 atom stereocenters. The van der Waals surface area contributed by atoms with Crippen LogP contribution in [0.5, 0.6) is 0 Å². The molecule has 1 unspecified atom stereocenters. The Morgan fingerprint density at radius 3 is 3.00 bits per heavy atom. The minimum absolute atomic E-state index is 0.534. The van der Waals surface area contributed by atoms with Crippen molar-refractivity contribution in [2.45, 2.75) is 32.2 Å². The van der Waals surface area contributed by atoms with Crippen molar-refractivity contribution >= 4 is 11.3 Å². The fourth-order valence-electron chi connectivity index (χ4n) is 1.62. The minimum atomic E-state index is 0.534. The Morgan fingerprint density at radius 2 is 2.40 bits per heavy atom. The fourth-order valence-corrected chi connectivity index (χ4v) is 2.45. The summed E-state index contributed by atoms with van der Waals surface area (Å²) in [6.45, 7) is 4.12. The van der Waals surface area contributed by atoms with E-state index in [4.69, 9.17) is 4.74 Å². The molecule has 0 radical (unpaired) electrons. The Morgan fingerprint density at radius 1 is 1.53 bits per heavy atom. The van der Waals surface area contributed by atoms with Gasteiger partial charge in [-0.3, -0.25) is 0 Å². The number of ether oxygens (including phenoxy) is 1. The summed E-state index contributed by atoms with van der Waals surface area (Å²) in [5.41, 5.74) is 0. The molecule has 1 heterocycles. The van der Waals surface area contributed by atoms with Crippen molar-refractivity contribution in [3.05, 3.63) is 22.4 Å². The normalized spacial score (nSPS) is 12.9. The molecule has 86 valence electrons. The summed E-state index contributed by atoms with van der Waals surface area (Å²) in [4.78, 5) is 1.45. The monoisotopic (exact) mass is 227 g/mol. The van der Waals surface area contributed by atoms with Crippen molar-refractivity contribution in [2.24, 2.45) is 0 Å². The van der Waals surface area contributed by atoms with Crippen LogP contribution in [0.25, 0.3) is 0 Å². The summed E-state index contributed by atoms with van der Waals surface area (Å²) in [5, 5.41) is 5.74. The second-order valence-corrected chi connectivity index (χ2v) is 4.64. The lowest BCUT2D eigenvalue weighted by Crippen LogP contribution is -2.22. The van der Waals surface area contributed by atoms with Crippen LogP contribution in [-0.4, -0.2) is 20.3 Å². The van der Waals surface area contributed by atoms with E-state index in [9.17, 15) is 0 Å². The van der Waals surface area contributed by atoms with E-state index in [1.54, 1.807) is 7.11 Å². The third-order valence-corrected chi connectivity index (χ3v) is 3.37. The summed E-state index contributed by atoms with van der Waals surface area (Å²) < 4.78 is 5.04. The second kappa shape index (κ2) is 7.85. The Balaban J connectivity index is 2.31. The first-order valence-electron chi connectivity index (χ1n) is 5.64. The van der Waals surface area contributed by atoms with Crippen molar-refractivity contribution in [3.8, 4) is 0 Å². The van der Waals surface area contributed by atoms with Crippen LogP contribution in [0.1, 0.15) is 37.1 Å². The van der Waals surface area contributed by atoms with E-state index in [-0.39, 0.29) is 0 Å². The van der Waals surface area contributed by atoms with Crippen LogP contribution in [0.2, 0.25) is 0 Å². The van der Waals surface area contributed by atoms with Crippen molar-refractivity contribution in [1.29, 1.82) is 0 Å². The smallest absolute Gasteiger partial charge is 0.0474 e. The molecule has 0 saturated carbocycles. The highest BCUT2D eigenvalue weighted by Gasteiger charge is 2.09. The maximum atomic E-state index is 5.04. The van der Waals surface area contributed by atoms with Gasteiger partial charge >= 0.3 is 0 Å². The largest absolute Gasteiger partial charge is 0.385 e. The van der Waals surface area contributed by atoms with E-state index in [0.717, 1.165) is 19.6 Å². The average Bonchev–Trinajstić information content (AvgIpc) is 2.76. The van der Waals surface area contributed by atoms with Gasteiger partial charge in [-0.2, -0.15) is 0 Å². The molecule has 0 aliphatic rings. The van der Waals surface area contributed by atoms with Gasteiger partial charge in [0.05, 0.1) is 0 Å². The average molecular weight is 227 g/mol. The molecule has 1 N–H and O–H groups in total. The zero-order chi connectivity index (χ0) is 10.9. The molecule has 1 aromatic rings. The first kappa shape index (κ1) is 12.7. The number of nitrogens with one attached hydrogen (secondary N) is 1. The molecule has 0 spiro atoms. The van der Waals surface area contributed by atoms with Gasteiger partial charge in [-0.25, -0.2) is 0 Å². The third-order valence-electron chi connectivity index (χ3n) is 2.38. The van der Waals surface area contributed by atoms with E-state index in [0.29, 0.717) is 6.04 Å². The highest BCUT2D eigenvalue weighted by atomic mass is 32.1. The van der Waals surface area contributed by atoms with Crippen molar-refractivity contribution in [2.75, 3.05) is 20.3 Å². The quantitative estimate of drug-likeness (QED) is 0.689. The van der Waals surface area contributed by atoms with Crippen molar-refractivity contribution < 1.29 is 4.74 Å². The molecule has 0 bridgehead atoms. The van der Waals surface area contributed by atoms with Gasteiger partial charge in [0.2, 0.25) is 0 Å². The molecule has 2 nitrogen and oxygen atoms in total. The summed E-state index contributed by atoms with van der Waals surface area (Å²) in [6.07, 6.45) is 3.52. The maximum Gasteiger partial charge on any atom is 0.0474 e. The highest BCUT2D eigenvalue weighted by Crippen LogP contribution is 2.22. The third kappa shape index (κ3) is 4.78. The topological polar surface area (TPSA) is 21.3 Å². The lowest BCUT2D eigenvalue weighted by atomic mass is 10.1. The van der Waals surface area contributed by atoms with Gasteiger partial charge in [0, 0.05) is 24.6 Å². The molecule has 15 heavy (non-hydrogen) atoms. The minimum Gasteiger partial charge on any atom is -0.385 e. The van der Waals surface area contributed by atoms with Crippen LogP contribution in [0.3, 0.4) is 0 Å². The van der Waals surface area contributed by atoms with Gasteiger partial charge in [-0.1, -0.05) is 19.4 Å². The Kier molecular flexibility index (Phi) is 6.64. The lowest BCUT2D eigenvalue weighted by Gasteiger charge is -2.16. The van der Waals surface area contributed by atoms with Crippen LogP contribution < -0.4 is 5.32 Å². The van der Waals surface area contributed by atoms with Gasteiger partial charge in [0.25, 0.3) is 0 Å². The summed E-state index contributed by atoms with van der Waals surface area (Å²) in [6, 6.07) is 4.88. The molecule has 0 fully saturated rings. The van der Waals surface area contributed by atoms with Crippen LogP contribution in [0.15, 0.2) is 17.5 Å². The van der Waals surface area contributed by atoms with Crippen molar-refractivity contribution in [3.63, 3.8) is 0 Å². The fraction of sp³-hybridized carbons (Fsp3) is 0.667. The number of methoxy groups -OCH3 is 1. The molecule has 3 heteroatoms. The van der Waals surface area contributed by atoms with E-state index < -0.39 is 0 Å². The van der Waals surface area contributed by atoms with E-state index in [2.05, 4.69) is 29.8 Å². The van der Waals surface area contributed by atoms with E-state index >= 15 is 0 Å². The Hall–Kier alpha value is -0.380. The van der Waals surface area contributed by atoms with Gasteiger partial charge in [0.15, 0.2) is 0 Å². The van der Waals surface area contributed by atoms with Gasteiger partial charge in [-0.15, -0.1) is 11.3 Å². The van der Waals surface area contributed by atoms with Crippen LogP contribution in [0.4, 0.5) is 0 Å². The van der Waals surface area contributed by atoms with Crippen LogP contribution in [-0.2, 0) is 4.74 Å². The maximum absolute atomic E-state index is 5.04. The van der Waals surface area contributed by atoms with E-state index in [1.807, 2.05) is 11.3 Å². The molecule has 0 aliphatic carbocycles. The number of thiophene rings is 1. The predicted octanol–water partition coefficient (Wildman–Crippen LogP) is 3.22. The van der Waals surface area contributed by atoms with Gasteiger partial charge in [0.1, 0.15) is 0 Å². The predicted molar refractivity (Wildman–Crippen MR) is 66.5 cm³/mol. The van der Waals surface area contributed by atoms with Crippen LogP contribution >= 0.6 is 11.3 Å². The van der Waals surface area contributed by atoms with Gasteiger partial charge < -0.3 is 10.1 Å². The second-order valence-electron chi connectivity index (χ2n) is 3.66. The number of hydrogen-bond acceptors (Lipinski definition) is 3. The first-order valence-corrected chi connectivity index (χ1v) is 6.52. The molecular formula is C12H21NOS. The summed E-state index contributed by atoms with van der Waals surface area (Å²) in [5.74, 6) is 0. The van der Waals surface area contributed by atoms with Crippen LogP contribution in [0, 0.1) is 0 Å². The lowest BCUT2D eigenvalue weighted by molar-refractivity contribution is 0.193. The highest BCUT2D eigenvalue weighted by molar-refractivity contribution is 7.10. The zero-order valence-corrected chi connectivity index (χ0v) is 10.5. The Bertz CT molecular complexity index is 236. The molecule has 0 aromatic carbocycles. The first-order chi connectivity index (χ1) is 7.38. The zero-order valence-electron chi connectivity index (χ0n) is 9.66. The van der Waals surface area contributed by atoms with Gasteiger partial charge in [-0.05, 0) is 30.8 Å². The standard InChI is InChI=1S/C12H21NOS/c1-3-6-11(12-7-4-10-15-12)13-8-5-9-14-2/h4,7,10-11,13H,3,5-6,8-9H2,1-2H3. The Labute approximate surface area is 96.7 Å². The SMILES string of the molecule is CCCC(NCCCOC)c1cccs1. The molecular weight excluding hydrogens is 206 g/mol. The molecule has 1 rings (SSSR count).